The topological polar surface area (TPSA) is 113 Å². The molecular weight excluding hydrogens is 577 g/mol. The number of fused-ring (bicyclic) bond motifs is 3. The van der Waals surface area contributed by atoms with Gasteiger partial charge in [0.2, 0.25) is 11.7 Å². The Morgan fingerprint density at radius 1 is 0.864 bits per heavy atom. The third-order valence-electron chi connectivity index (χ3n) is 8.00. The first kappa shape index (κ1) is 32.4. The molecule has 3 aliphatic heterocycles. The SMILES string of the molecule is O=C(Cc1ccccc1)NC(C(=O)O[C@H]1C[N+]2(CC(=O)c3ccccc3)CCC1CC2)c1ccccc1.O=C([O-])C(F)(F)F. The molecule has 0 aromatic heterocycles. The van der Waals surface area contributed by atoms with Crippen molar-refractivity contribution in [2.45, 2.75) is 37.6 Å². The van der Waals surface area contributed by atoms with Gasteiger partial charge in [0.15, 0.2) is 12.1 Å². The molecule has 8 nitrogen and oxygen atoms in total. The number of carboxylic acid groups (broad SMARTS) is 1. The average Bonchev–Trinajstić information content (AvgIpc) is 3.01. The van der Waals surface area contributed by atoms with Crippen molar-refractivity contribution in [1.29, 1.82) is 0 Å². The molecule has 11 heteroatoms. The minimum absolute atomic E-state index is 0.126. The Labute approximate surface area is 253 Å². The number of nitrogens with one attached hydrogen (secondary N) is 1. The van der Waals surface area contributed by atoms with Crippen molar-refractivity contribution in [3.05, 3.63) is 108 Å². The van der Waals surface area contributed by atoms with Crippen LogP contribution in [0.25, 0.3) is 0 Å². The van der Waals surface area contributed by atoms with Crippen LogP contribution in [-0.4, -0.2) is 66.6 Å². The van der Waals surface area contributed by atoms with Gasteiger partial charge >= 0.3 is 12.1 Å². The second-order valence-corrected chi connectivity index (χ2v) is 11.1. The maximum atomic E-state index is 13.5. The molecule has 1 N–H and O–H groups in total. The van der Waals surface area contributed by atoms with Crippen LogP contribution in [0.3, 0.4) is 0 Å². The van der Waals surface area contributed by atoms with Crippen LogP contribution in [0.4, 0.5) is 13.2 Å². The molecule has 2 bridgehead atoms. The molecule has 3 aromatic rings. The predicted octanol–water partition coefficient (Wildman–Crippen LogP) is 3.42. The van der Waals surface area contributed by atoms with Gasteiger partial charge in [-0.15, -0.1) is 0 Å². The van der Waals surface area contributed by atoms with Gasteiger partial charge in [0.05, 0.1) is 19.5 Å². The highest BCUT2D eigenvalue weighted by Gasteiger charge is 2.49. The second-order valence-electron chi connectivity index (χ2n) is 11.1. The van der Waals surface area contributed by atoms with E-state index in [1.807, 2.05) is 91.0 Å². The van der Waals surface area contributed by atoms with Gasteiger partial charge in [-0.1, -0.05) is 91.0 Å². The first-order valence-electron chi connectivity index (χ1n) is 14.3. The fourth-order valence-electron chi connectivity index (χ4n) is 5.73. The Morgan fingerprint density at radius 2 is 1.39 bits per heavy atom. The number of rotatable bonds is 9. The lowest BCUT2D eigenvalue weighted by Crippen LogP contribution is -2.66. The molecule has 232 valence electrons. The minimum Gasteiger partial charge on any atom is -0.542 e. The van der Waals surface area contributed by atoms with E-state index in [4.69, 9.17) is 14.6 Å². The smallest absolute Gasteiger partial charge is 0.430 e. The maximum absolute atomic E-state index is 13.5. The number of carboxylic acids is 1. The van der Waals surface area contributed by atoms with Crippen molar-refractivity contribution < 1.29 is 46.7 Å². The highest BCUT2D eigenvalue weighted by molar-refractivity contribution is 5.97. The molecule has 3 aromatic carbocycles. The molecule has 1 amide bonds. The molecule has 2 atom stereocenters. The van der Waals surface area contributed by atoms with E-state index < -0.39 is 24.2 Å². The third-order valence-corrected chi connectivity index (χ3v) is 8.00. The van der Waals surface area contributed by atoms with Crippen molar-refractivity contribution in [2.75, 3.05) is 26.2 Å². The van der Waals surface area contributed by atoms with Crippen LogP contribution in [0, 0.1) is 5.92 Å². The van der Waals surface area contributed by atoms with E-state index >= 15 is 0 Å². The van der Waals surface area contributed by atoms with Crippen molar-refractivity contribution >= 4 is 23.6 Å². The minimum atomic E-state index is -5.19. The van der Waals surface area contributed by atoms with E-state index in [2.05, 4.69) is 5.32 Å². The Bertz CT molecular complexity index is 1430. The summed E-state index contributed by atoms with van der Waals surface area (Å²) in [7, 11) is 0. The van der Waals surface area contributed by atoms with Gasteiger partial charge in [0.25, 0.3) is 0 Å². The number of benzene rings is 3. The summed E-state index contributed by atoms with van der Waals surface area (Å²) in [4.78, 5) is 48.2. The molecule has 6 rings (SSSR count). The number of esters is 1. The number of nitrogens with zero attached hydrogens (tertiary/aromatic N) is 1. The van der Waals surface area contributed by atoms with Crippen LogP contribution in [-0.2, 0) is 25.5 Å². The molecule has 3 saturated heterocycles. The number of carbonyl (C=O) groups excluding carboxylic acids is 4. The first-order valence-corrected chi connectivity index (χ1v) is 14.3. The average molecular weight is 611 g/mol. The summed E-state index contributed by atoms with van der Waals surface area (Å²) in [5, 5.41) is 11.7. The highest BCUT2D eigenvalue weighted by atomic mass is 19.4. The van der Waals surface area contributed by atoms with Crippen LogP contribution >= 0.6 is 0 Å². The van der Waals surface area contributed by atoms with Gasteiger partial charge in [0, 0.05) is 24.3 Å². The Hall–Kier alpha value is -4.51. The number of alkyl halides is 3. The molecule has 3 heterocycles. The highest BCUT2D eigenvalue weighted by Crippen LogP contribution is 2.36. The lowest BCUT2D eigenvalue weighted by atomic mass is 9.82. The number of piperidine rings is 3. The summed E-state index contributed by atoms with van der Waals surface area (Å²) >= 11 is 0. The summed E-state index contributed by atoms with van der Waals surface area (Å²) in [5.74, 6) is -3.28. The van der Waals surface area contributed by atoms with E-state index in [0.29, 0.717) is 23.1 Å². The first-order chi connectivity index (χ1) is 21.0. The number of carbonyl (C=O) groups is 4. The quantitative estimate of drug-likeness (QED) is 0.226. The Morgan fingerprint density at radius 3 is 1.93 bits per heavy atom. The third kappa shape index (κ3) is 8.76. The number of hydrogen-bond acceptors (Lipinski definition) is 6. The lowest BCUT2D eigenvalue weighted by molar-refractivity contribution is -0.938. The molecule has 0 aliphatic carbocycles. The Kier molecular flexibility index (Phi) is 10.5. The van der Waals surface area contributed by atoms with E-state index in [0.717, 1.165) is 37.1 Å². The number of halogens is 3. The molecule has 3 aliphatic rings. The monoisotopic (exact) mass is 610 g/mol. The zero-order chi connectivity index (χ0) is 31.7. The maximum Gasteiger partial charge on any atom is 0.430 e. The van der Waals surface area contributed by atoms with Crippen molar-refractivity contribution in [1.82, 2.24) is 5.32 Å². The number of hydrogen-bond donors (Lipinski definition) is 1. The van der Waals surface area contributed by atoms with Crippen LogP contribution < -0.4 is 10.4 Å². The van der Waals surface area contributed by atoms with Crippen LogP contribution in [0.2, 0.25) is 0 Å². The van der Waals surface area contributed by atoms with Crippen molar-refractivity contribution in [3.63, 3.8) is 0 Å². The van der Waals surface area contributed by atoms with Crippen molar-refractivity contribution in [3.8, 4) is 0 Å². The van der Waals surface area contributed by atoms with E-state index in [1.165, 1.54) is 0 Å². The summed E-state index contributed by atoms with van der Waals surface area (Å²) in [6.45, 7) is 2.90. The van der Waals surface area contributed by atoms with E-state index in [9.17, 15) is 27.6 Å². The number of aliphatic carboxylic acids is 1. The van der Waals surface area contributed by atoms with Gasteiger partial charge < -0.3 is 24.4 Å². The summed E-state index contributed by atoms with van der Waals surface area (Å²) in [6, 6.07) is 27.2. The largest absolute Gasteiger partial charge is 0.542 e. The Balaban J connectivity index is 0.000000566. The molecular formula is C33H33F3N2O6. The summed E-state index contributed by atoms with van der Waals surface area (Å²) in [6.07, 6.45) is -3.42. The fraction of sp³-hybridized carbons (Fsp3) is 0.333. The molecule has 0 radical (unpaired) electrons. The number of amides is 1. The predicted molar refractivity (Wildman–Crippen MR) is 152 cm³/mol. The standard InChI is InChI=1S/C31H32N2O4.C2HF3O2/c34-27(24-12-6-2-7-13-24)21-33-18-16-25(17-19-33)28(22-33)37-31(36)30(26-14-8-3-9-15-26)32-29(35)20-23-10-4-1-5-11-23;3-2(4,5)1(6)7/h1-15,25,28,30H,16-22H2;(H,6,7)/t25?,28-,30?,33?;/m0./s1. The van der Waals surface area contributed by atoms with Crippen molar-refractivity contribution in [2.24, 2.45) is 5.92 Å². The molecule has 0 saturated carbocycles. The number of ether oxygens (including phenoxy) is 1. The molecule has 3 fully saturated rings. The van der Waals surface area contributed by atoms with Gasteiger partial charge in [0.1, 0.15) is 19.1 Å². The van der Waals surface area contributed by atoms with Crippen LogP contribution in [0.5, 0.6) is 0 Å². The number of Topliss-reactive ketones (excluding diaryl/α,β-unsaturated/α-hetero) is 1. The van der Waals surface area contributed by atoms with Crippen LogP contribution in [0.15, 0.2) is 91.0 Å². The molecule has 1 unspecified atom stereocenters. The summed E-state index contributed by atoms with van der Waals surface area (Å²) < 4.78 is 38.3. The zero-order valence-corrected chi connectivity index (χ0v) is 23.9. The molecule has 0 spiro atoms. The van der Waals surface area contributed by atoms with E-state index in [1.54, 1.807) is 0 Å². The summed E-state index contributed by atoms with van der Waals surface area (Å²) in [5.41, 5.74) is 2.30. The van der Waals surface area contributed by atoms with E-state index in [-0.39, 0.29) is 30.1 Å². The number of quaternary nitrogens is 1. The van der Waals surface area contributed by atoms with Gasteiger partial charge in [-0.3, -0.25) is 9.59 Å². The lowest BCUT2D eigenvalue weighted by Gasteiger charge is -2.51. The van der Waals surface area contributed by atoms with Gasteiger partial charge in [-0.25, -0.2) is 4.79 Å². The number of ketones is 1. The second kappa shape index (κ2) is 14.3. The zero-order valence-electron chi connectivity index (χ0n) is 23.9. The van der Waals surface area contributed by atoms with Gasteiger partial charge in [-0.2, -0.15) is 13.2 Å². The van der Waals surface area contributed by atoms with Crippen LogP contribution in [0.1, 0.15) is 40.4 Å². The molecule has 44 heavy (non-hydrogen) atoms. The normalized spacial score (nSPS) is 21.2. The fourth-order valence-corrected chi connectivity index (χ4v) is 5.73. The van der Waals surface area contributed by atoms with Gasteiger partial charge in [-0.05, 0) is 11.1 Å².